The molecule has 88 valence electrons. The molecule has 0 unspecified atom stereocenters. The van der Waals surface area contributed by atoms with Crippen molar-refractivity contribution in [3.63, 3.8) is 0 Å². The molecule has 2 aliphatic rings. The van der Waals surface area contributed by atoms with Gasteiger partial charge in [-0.3, -0.25) is 0 Å². The van der Waals surface area contributed by atoms with Gasteiger partial charge in [0.05, 0.1) is 5.01 Å². The third-order valence-corrected chi connectivity index (χ3v) is 5.31. The zero-order valence-electron chi connectivity index (χ0n) is 9.74. The van der Waals surface area contributed by atoms with Gasteiger partial charge in [0.2, 0.25) is 0 Å². The molecule has 1 N–H and O–H groups in total. The highest BCUT2D eigenvalue weighted by Gasteiger charge is 2.23. The fourth-order valence-corrected chi connectivity index (χ4v) is 4.21. The van der Waals surface area contributed by atoms with E-state index < -0.39 is 0 Å². The van der Waals surface area contributed by atoms with Crippen LogP contribution < -0.4 is 5.32 Å². The predicted molar refractivity (Wildman–Crippen MR) is 68.2 cm³/mol. The maximum absolute atomic E-state index is 4.68. The molecule has 3 rings (SSSR count). The van der Waals surface area contributed by atoms with Crippen LogP contribution in [0.25, 0.3) is 0 Å². The molecular weight excluding hydrogens is 216 g/mol. The fourth-order valence-electron chi connectivity index (χ4n) is 2.96. The minimum Gasteiger partial charge on any atom is -0.317 e. The number of hydrogen-bond acceptors (Lipinski definition) is 3. The van der Waals surface area contributed by atoms with Crippen molar-refractivity contribution in [2.75, 3.05) is 13.1 Å². The summed E-state index contributed by atoms with van der Waals surface area (Å²) in [6.07, 6.45) is 10.4. The van der Waals surface area contributed by atoms with Crippen molar-refractivity contribution in [2.45, 2.75) is 50.4 Å². The zero-order chi connectivity index (χ0) is 10.8. The standard InChI is InChI=1S/C13H20N2S/c1-2-4-10(3-1)12-9-15-13(16-12)11-5-7-14-8-6-11/h9-11,14H,1-8H2. The monoisotopic (exact) mass is 236 g/mol. The van der Waals surface area contributed by atoms with Crippen LogP contribution in [0.1, 0.15) is 60.2 Å². The second-order valence-corrected chi connectivity index (χ2v) is 6.20. The summed E-state index contributed by atoms with van der Waals surface area (Å²) >= 11 is 2.00. The van der Waals surface area contributed by atoms with Crippen LogP contribution in [0.5, 0.6) is 0 Å². The van der Waals surface area contributed by atoms with E-state index in [1.54, 1.807) is 4.88 Å². The first-order valence-electron chi connectivity index (χ1n) is 6.60. The van der Waals surface area contributed by atoms with E-state index >= 15 is 0 Å². The SMILES string of the molecule is c1nc(C2CCNCC2)sc1C1CCCC1. The normalized spacial score (nSPS) is 24.0. The first kappa shape index (κ1) is 10.7. The van der Waals surface area contributed by atoms with Crippen molar-refractivity contribution in [1.82, 2.24) is 10.3 Å². The Kier molecular flexibility index (Phi) is 3.25. The number of hydrogen-bond donors (Lipinski definition) is 1. The number of rotatable bonds is 2. The van der Waals surface area contributed by atoms with E-state index in [0.717, 1.165) is 11.8 Å². The summed E-state index contributed by atoms with van der Waals surface area (Å²) < 4.78 is 0. The Labute approximate surface area is 101 Å². The number of aromatic nitrogens is 1. The summed E-state index contributed by atoms with van der Waals surface area (Å²) in [7, 11) is 0. The van der Waals surface area contributed by atoms with Crippen LogP contribution >= 0.6 is 11.3 Å². The average molecular weight is 236 g/mol. The molecule has 0 radical (unpaired) electrons. The minimum absolute atomic E-state index is 0.737. The van der Waals surface area contributed by atoms with Gasteiger partial charge in [0, 0.05) is 17.0 Å². The topological polar surface area (TPSA) is 24.9 Å². The Morgan fingerprint density at radius 3 is 2.56 bits per heavy atom. The molecule has 0 atom stereocenters. The second kappa shape index (κ2) is 4.84. The van der Waals surface area contributed by atoms with Crippen molar-refractivity contribution in [2.24, 2.45) is 0 Å². The summed E-state index contributed by atoms with van der Waals surface area (Å²) in [5.41, 5.74) is 0. The molecule has 1 saturated carbocycles. The van der Waals surface area contributed by atoms with Gasteiger partial charge in [0.25, 0.3) is 0 Å². The molecule has 0 aromatic carbocycles. The fraction of sp³-hybridized carbons (Fsp3) is 0.769. The molecule has 1 aliphatic carbocycles. The number of thiazole rings is 1. The van der Waals surface area contributed by atoms with Gasteiger partial charge in [-0.1, -0.05) is 12.8 Å². The van der Waals surface area contributed by atoms with Gasteiger partial charge in [0.1, 0.15) is 0 Å². The summed E-state index contributed by atoms with van der Waals surface area (Å²) in [4.78, 5) is 6.24. The summed E-state index contributed by atoms with van der Waals surface area (Å²) in [5, 5.41) is 4.83. The highest BCUT2D eigenvalue weighted by molar-refractivity contribution is 7.11. The smallest absolute Gasteiger partial charge is 0.0959 e. The quantitative estimate of drug-likeness (QED) is 0.852. The Balaban J connectivity index is 1.71. The number of nitrogens with one attached hydrogen (secondary N) is 1. The molecule has 1 aliphatic heterocycles. The lowest BCUT2D eigenvalue weighted by Crippen LogP contribution is -2.26. The van der Waals surface area contributed by atoms with Crippen molar-refractivity contribution in [3.8, 4) is 0 Å². The van der Waals surface area contributed by atoms with Gasteiger partial charge in [-0.2, -0.15) is 0 Å². The molecule has 1 aromatic rings. The predicted octanol–water partition coefficient (Wildman–Crippen LogP) is 3.27. The third kappa shape index (κ3) is 2.16. The highest BCUT2D eigenvalue weighted by Crippen LogP contribution is 2.39. The minimum atomic E-state index is 0.737. The lowest BCUT2D eigenvalue weighted by Gasteiger charge is -2.20. The Morgan fingerprint density at radius 1 is 1.06 bits per heavy atom. The molecule has 16 heavy (non-hydrogen) atoms. The molecule has 1 aromatic heterocycles. The molecule has 2 fully saturated rings. The van der Waals surface area contributed by atoms with Crippen molar-refractivity contribution in [3.05, 3.63) is 16.1 Å². The van der Waals surface area contributed by atoms with Gasteiger partial charge < -0.3 is 5.32 Å². The van der Waals surface area contributed by atoms with Crippen molar-refractivity contribution < 1.29 is 0 Å². The van der Waals surface area contributed by atoms with Crippen LogP contribution in [0, 0.1) is 0 Å². The van der Waals surface area contributed by atoms with E-state index in [1.807, 2.05) is 11.3 Å². The van der Waals surface area contributed by atoms with Crippen molar-refractivity contribution >= 4 is 11.3 Å². The first-order valence-corrected chi connectivity index (χ1v) is 7.41. The van der Waals surface area contributed by atoms with Crippen molar-refractivity contribution in [1.29, 1.82) is 0 Å². The summed E-state index contributed by atoms with van der Waals surface area (Å²) in [6, 6.07) is 0. The molecule has 0 bridgehead atoms. The van der Waals surface area contributed by atoms with Gasteiger partial charge in [0.15, 0.2) is 0 Å². The Bertz CT molecular complexity index is 335. The molecule has 1 saturated heterocycles. The van der Waals surface area contributed by atoms with Gasteiger partial charge in [-0.05, 0) is 44.7 Å². The van der Waals surface area contributed by atoms with E-state index in [0.29, 0.717) is 0 Å². The molecular formula is C13H20N2S. The van der Waals surface area contributed by atoms with E-state index in [9.17, 15) is 0 Å². The van der Waals surface area contributed by atoms with E-state index in [-0.39, 0.29) is 0 Å². The number of piperidine rings is 1. The van der Waals surface area contributed by atoms with Crippen LogP contribution in [0.4, 0.5) is 0 Å². The van der Waals surface area contributed by atoms with Crippen LogP contribution in [-0.4, -0.2) is 18.1 Å². The lowest BCUT2D eigenvalue weighted by molar-refractivity contribution is 0.459. The first-order chi connectivity index (χ1) is 7.93. The second-order valence-electron chi connectivity index (χ2n) is 5.11. The lowest BCUT2D eigenvalue weighted by atomic mass is 9.99. The molecule has 2 heterocycles. The highest BCUT2D eigenvalue weighted by atomic mass is 32.1. The van der Waals surface area contributed by atoms with Gasteiger partial charge >= 0.3 is 0 Å². The van der Waals surface area contributed by atoms with Gasteiger partial charge in [-0.15, -0.1) is 11.3 Å². The molecule has 0 spiro atoms. The zero-order valence-corrected chi connectivity index (χ0v) is 10.6. The summed E-state index contributed by atoms with van der Waals surface area (Å²) in [5.74, 6) is 1.58. The van der Waals surface area contributed by atoms with Crippen LogP contribution in [0.3, 0.4) is 0 Å². The largest absolute Gasteiger partial charge is 0.317 e. The maximum atomic E-state index is 4.68. The maximum Gasteiger partial charge on any atom is 0.0959 e. The van der Waals surface area contributed by atoms with Crippen LogP contribution in [0.15, 0.2) is 6.20 Å². The Morgan fingerprint density at radius 2 is 1.81 bits per heavy atom. The van der Waals surface area contributed by atoms with E-state index in [2.05, 4.69) is 16.5 Å². The third-order valence-electron chi connectivity index (χ3n) is 3.99. The number of nitrogens with zero attached hydrogens (tertiary/aromatic N) is 1. The van der Waals surface area contributed by atoms with Gasteiger partial charge in [-0.25, -0.2) is 4.98 Å². The van der Waals surface area contributed by atoms with E-state index in [1.165, 1.54) is 56.6 Å². The van der Waals surface area contributed by atoms with Crippen LogP contribution in [0.2, 0.25) is 0 Å². The molecule has 2 nitrogen and oxygen atoms in total. The Hall–Kier alpha value is -0.410. The molecule has 3 heteroatoms. The summed E-state index contributed by atoms with van der Waals surface area (Å²) in [6.45, 7) is 2.34. The molecule has 0 amide bonds. The van der Waals surface area contributed by atoms with Crippen LogP contribution in [-0.2, 0) is 0 Å². The average Bonchev–Trinajstić information content (AvgIpc) is 3.01. The van der Waals surface area contributed by atoms with E-state index in [4.69, 9.17) is 0 Å².